The largest absolute Gasteiger partial charge is 0.349 e. The van der Waals surface area contributed by atoms with Crippen molar-refractivity contribution in [3.8, 4) is 0 Å². The van der Waals surface area contributed by atoms with Crippen LogP contribution in [-0.4, -0.2) is 23.9 Å². The summed E-state index contributed by atoms with van der Waals surface area (Å²) in [5.41, 5.74) is 1.18. The van der Waals surface area contributed by atoms with E-state index in [9.17, 15) is 9.59 Å². The lowest BCUT2D eigenvalue weighted by molar-refractivity contribution is 0.0889. The Morgan fingerprint density at radius 2 is 1.57 bits per heavy atom. The molecule has 0 aromatic heterocycles. The third-order valence-corrected chi connectivity index (χ3v) is 5.38. The standard InChI is InChI=1S/C19H24N2O2/c22-18(20-16-9-10-16)14-5-2-6-15(11-14)19(23)21-17(13-7-8-13)12-3-1-4-12/h2,5-6,11-13,16-17H,1,3-4,7-10H2,(H,20,22)(H,21,23)/t17-/m1/s1. The first kappa shape index (κ1) is 14.7. The van der Waals surface area contributed by atoms with Gasteiger partial charge in [0.25, 0.3) is 11.8 Å². The maximum atomic E-state index is 12.6. The topological polar surface area (TPSA) is 58.2 Å². The lowest BCUT2D eigenvalue weighted by Gasteiger charge is -2.34. The Bertz CT molecular complexity index is 616. The predicted octanol–water partition coefficient (Wildman–Crippen LogP) is 2.89. The number of hydrogen-bond acceptors (Lipinski definition) is 2. The van der Waals surface area contributed by atoms with Crippen molar-refractivity contribution >= 4 is 11.8 Å². The van der Waals surface area contributed by atoms with Crippen LogP contribution in [-0.2, 0) is 0 Å². The number of rotatable bonds is 6. The van der Waals surface area contributed by atoms with E-state index in [4.69, 9.17) is 0 Å². The summed E-state index contributed by atoms with van der Waals surface area (Å²) < 4.78 is 0. The van der Waals surface area contributed by atoms with Gasteiger partial charge in [0.2, 0.25) is 0 Å². The first-order chi connectivity index (χ1) is 11.2. The molecule has 3 saturated carbocycles. The third-order valence-electron chi connectivity index (χ3n) is 5.38. The van der Waals surface area contributed by atoms with Crippen LogP contribution in [0.5, 0.6) is 0 Å². The van der Waals surface area contributed by atoms with Crippen molar-refractivity contribution in [1.82, 2.24) is 10.6 Å². The van der Waals surface area contributed by atoms with Gasteiger partial charge in [0, 0.05) is 23.2 Å². The summed E-state index contributed by atoms with van der Waals surface area (Å²) in [5, 5.41) is 6.22. The second-order valence-electron chi connectivity index (χ2n) is 7.36. The Morgan fingerprint density at radius 1 is 0.913 bits per heavy atom. The van der Waals surface area contributed by atoms with Crippen molar-refractivity contribution in [2.24, 2.45) is 11.8 Å². The van der Waals surface area contributed by atoms with Crippen LogP contribution in [0.2, 0.25) is 0 Å². The van der Waals surface area contributed by atoms with Gasteiger partial charge in [0.1, 0.15) is 0 Å². The molecule has 0 radical (unpaired) electrons. The molecule has 1 atom stereocenters. The lowest BCUT2D eigenvalue weighted by Crippen LogP contribution is -2.44. The summed E-state index contributed by atoms with van der Waals surface area (Å²) in [4.78, 5) is 24.7. The van der Waals surface area contributed by atoms with Crippen LogP contribution in [0.25, 0.3) is 0 Å². The highest BCUT2D eigenvalue weighted by Crippen LogP contribution is 2.42. The minimum Gasteiger partial charge on any atom is -0.349 e. The second kappa shape index (κ2) is 5.99. The van der Waals surface area contributed by atoms with Crippen LogP contribution in [0.4, 0.5) is 0 Å². The Morgan fingerprint density at radius 3 is 2.13 bits per heavy atom. The number of hydrogen-bond donors (Lipinski definition) is 2. The van der Waals surface area contributed by atoms with Crippen LogP contribution >= 0.6 is 0 Å². The zero-order chi connectivity index (χ0) is 15.8. The van der Waals surface area contributed by atoms with Crippen LogP contribution in [0.15, 0.2) is 24.3 Å². The molecule has 3 aliphatic rings. The molecule has 122 valence electrons. The molecule has 1 aromatic carbocycles. The van der Waals surface area contributed by atoms with Crippen molar-refractivity contribution in [3.63, 3.8) is 0 Å². The van der Waals surface area contributed by atoms with E-state index in [1.165, 1.54) is 32.1 Å². The fraction of sp³-hybridized carbons (Fsp3) is 0.579. The van der Waals surface area contributed by atoms with Gasteiger partial charge in [-0.3, -0.25) is 9.59 Å². The third kappa shape index (κ3) is 3.41. The molecule has 3 aliphatic carbocycles. The smallest absolute Gasteiger partial charge is 0.251 e. The first-order valence-corrected chi connectivity index (χ1v) is 8.92. The van der Waals surface area contributed by atoms with E-state index in [1.807, 2.05) is 0 Å². The van der Waals surface area contributed by atoms with E-state index >= 15 is 0 Å². The molecule has 4 nitrogen and oxygen atoms in total. The van der Waals surface area contributed by atoms with Gasteiger partial charge < -0.3 is 10.6 Å². The van der Waals surface area contributed by atoms with Crippen molar-refractivity contribution in [2.75, 3.05) is 0 Å². The van der Waals surface area contributed by atoms with E-state index in [2.05, 4.69) is 10.6 Å². The lowest BCUT2D eigenvalue weighted by atomic mass is 9.78. The van der Waals surface area contributed by atoms with E-state index < -0.39 is 0 Å². The highest BCUT2D eigenvalue weighted by Gasteiger charge is 2.39. The minimum atomic E-state index is -0.0696. The van der Waals surface area contributed by atoms with Gasteiger partial charge in [0.05, 0.1) is 0 Å². The molecule has 0 aliphatic heterocycles. The summed E-state index contributed by atoms with van der Waals surface area (Å²) in [6.45, 7) is 0. The van der Waals surface area contributed by atoms with Crippen LogP contribution in [0.3, 0.4) is 0 Å². The Balaban J connectivity index is 1.43. The van der Waals surface area contributed by atoms with Gasteiger partial charge in [-0.2, -0.15) is 0 Å². The molecule has 4 rings (SSSR count). The molecule has 2 amide bonds. The number of carbonyl (C=O) groups is 2. The molecule has 0 unspecified atom stereocenters. The average Bonchev–Trinajstić information content (AvgIpc) is 3.38. The summed E-state index contributed by atoms with van der Waals surface area (Å²) in [6, 6.07) is 7.76. The normalized spacial score (nSPS) is 22.1. The summed E-state index contributed by atoms with van der Waals surface area (Å²) in [5.74, 6) is 1.23. The molecule has 23 heavy (non-hydrogen) atoms. The number of amides is 2. The molecular weight excluding hydrogens is 288 g/mol. The fourth-order valence-corrected chi connectivity index (χ4v) is 3.41. The van der Waals surface area contributed by atoms with Gasteiger partial charge in [-0.05, 0) is 68.6 Å². The van der Waals surface area contributed by atoms with Gasteiger partial charge >= 0.3 is 0 Å². The zero-order valence-corrected chi connectivity index (χ0v) is 13.4. The number of nitrogens with one attached hydrogen (secondary N) is 2. The van der Waals surface area contributed by atoms with Gasteiger partial charge in [0.15, 0.2) is 0 Å². The quantitative estimate of drug-likeness (QED) is 0.848. The van der Waals surface area contributed by atoms with E-state index in [-0.39, 0.29) is 11.8 Å². The number of carbonyl (C=O) groups excluding carboxylic acids is 2. The molecule has 1 aromatic rings. The van der Waals surface area contributed by atoms with Crippen LogP contribution in [0, 0.1) is 11.8 Å². The van der Waals surface area contributed by atoms with Crippen LogP contribution < -0.4 is 10.6 Å². The molecular formula is C19H24N2O2. The maximum absolute atomic E-state index is 12.6. The van der Waals surface area contributed by atoms with Crippen molar-refractivity contribution in [3.05, 3.63) is 35.4 Å². The van der Waals surface area contributed by atoms with Gasteiger partial charge in [-0.25, -0.2) is 0 Å². The molecule has 0 bridgehead atoms. The Kier molecular flexibility index (Phi) is 3.83. The molecule has 3 fully saturated rings. The Hall–Kier alpha value is -1.84. The summed E-state index contributed by atoms with van der Waals surface area (Å²) in [7, 11) is 0. The molecule has 0 spiro atoms. The first-order valence-electron chi connectivity index (χ1n) is 8.92. The van der Waals surface area contributed by atoms with Crippen molar-refractivity contribution in [1.29, 1.82) is 0 Å². The molecule has 0 saturated heterocycles. The Labute approximate surface area is 137 Å². The van der Waals surface area contributed by atoms with E-state index in [0.717, 1.165) is 12.8 Å². The number of benzene rings is 1. The highest BCUT2D eigenvalue weighted by molar-refractivity contribution is 6.00. The predicted molar refractivity (Wildman–Crippen MR) is 88.2 cm³/mol. The van der Waals surface area contributed by atoms with E-state index in [0.29, 0.717) is 35.0 Å². The van der Waals surface area contributed by atoms with E-state index in [1.54, 1.807) is 24.3 Å². The van der Waals surface area contributed by atoms with Crippen molar-refractivity contribution < 1.29 is 9.59 Å². The van der Waals surface area contributed by atoms with Crippen molar-refractivity contribution in [2.45, 2.75) is 57.0 Å². The molecule has 2 N–H and O–H groups in total. The monoisotopic (exact) mass is 312 g/mol. The fourth-order valence-electron chi connectivity index (χ4n) is 3.41. The maximum Gasteiger partial charge on any atom is 0.251 e. The summed E-state index contributed by atoms with van der Waals surface area (Å²) in [6.07, 6.45) is 8.39. The van der Waals surface area contributed by atoms with Crippen LogP contribution in [0.1, 0.15) is 65.7 Å². The van der Waals surface area contributed by atoms with Gasteiger partial charge in [-0.15, -0.1) is 0 Å². The average molecular weight is 312 g/mol. The zero-order valence-electron chi connectivity index (χ0n) is 13.4. The molecule has 0 heterocycles. The summed E-state index contributed by atoms with van der Waals surface area (Å²) >= 11 is 0. The molecule has 4 heteroatoms. The SMILES string of the molecule is O=C(NC1CC1)c1cccc(C(=O)N[C@H](C2CCC2)C2CC2)c1. The van der Waals surface area contributed by atoms with Gasteiger partial charge in [-0.1, -0.05) is 12.5 Å². The second-order valence-corrected chi connectivity index (χ2v) is 7.36. The highest BCUT2D eigenvalue weighted by atomic mass is 16.2. The minimum absolute atomic E-state index is 0.0325.